The highest BCUT2D eigenvalue weighted by Crippen LogP contribution is 2.30. The SMILES string of the molecule is C=C[C@@H](C/C=C\C(=C)F)C(C)(C)CN[C@@H]1C=C[C@H](C(CCC)C/C(F)=C\C)NN1. The van der Waals surface area contributed by atoms with E-state index in [9.17, 15) is 8.78 Å². The Labute approximate surface area is 176 Å². The molecule has 5 heteroatoms. The van der Waals surface area contributed by atoms with E-state index in [0.717, 1.165) is 19.4 Å². The summed E-state index contributed by atoms with van der Waals surface area (Å²) in [6.45, 7) is 16.2. The fraction of sp³-hybridized carbons (Fsp3) is 0.583. The molecular formula is C24H39F2N3. The molecular weight excluding hydrogens is 368 g/mol. The lowest BCUT2D eigenvalue weighted by Crippen LogP contribution is -2.57. The van der Waals surface area contributed by atoms with E-state index in [1.165, 1.54) is 6.08 Å². The molecule has 1 unspecified atom stereocenters. The lowest BCUT2D eigenvalue weighted by molar-refractivity contribution is 0.222. The standard InChI is InChI=1S/C24H39F2N3/c1-7-11-19(16-21(26)9-3)22-14-15-23(29-28-22)27-17-24(5,6)20(8-2)13-10-12-18(4)25/h8-10,12,14-15,19-20,22-23,27-29H,2,4,7,11,13,16-17H2,1,3,5-6H3/b12-10-,21-9+/t19?,20-,22+,23-/m0/s1. The van der Waals surface area contributed by atoms with Crippen molar-refractivity contribution in [2.45, 2.75) is 65.6 Å². The first-order chi connectivity index (χ1) is 13.7. The van der Waals surface area contributed by atoms with Gasteiger partial charge in [0, 0.05) is 19.0 Å². The average molecular weight is 408 g/mol. The summed E-state index contributed by atoms with van der Waals surface area (Å²) in [5, 5.41) is 3.51. The highest BCUT2D eigenvalue weighted by Gasteiger charge is 2.28. The van der Waals surface area contributed by atoms with E-state index in [0.29, 0.717) is 12.8 Å². The summed E-state index contributed by atoms with van der Waals surface area (Å²) in [6.07, 6.45) is 14.1. The molecule has 0 aromatic heterocycles. The van der Waals surface area contributed by atoms with Crippen molar-refractivity contribution >= 4 is 0 Å². The molecule has 0 amide bonds. The molecule has 0 bridgehead atoms. The second-order valence-electron chi connectivity index (χ2n) is 8.46. The third-order valence-corrected chi connectivity index (χ3v) is 5.61. The van der Waals surface area contributed by atoms with Gasteiger partial charge in [-0.25, -0.2) is 19.6 Å². The van der Waals surface area contributed by atoms with Gasteiger partial charge in [-0.05, 0) is 43.1 Å². The van der Waals surface area contributed by atoms with Gasteiger partial charge in [0.15, 0.2) is 0 Å². The van der Waals surface area contributed by atoms with Crippen LogP contribution in [0.25, 0.3) is 0 Å². The number of allylic oxidation sites excluding steroid dienone is 6. The first-order valence-corrected chi connectivity index (χ1v) is 10.6. The normalized spacial score (nSPS) is 22.6. The first-order valence-electron chi connectivity index (χ1n) is 10.6. The van der Waals surface area contributed by atoms with Crippen LogP contribution in [0.1, 0.15) is 53.4 Å². The number of halogens is 2. The minimum Gasteiger partial charge on any atom is -0.297 e. The molecule has 0 saturated carbocycles. The Kier molecular flexibility index (Phi) is 11.3. The summed E-state index contributed by atoms with van der Waals surface area (Å²) in [7, 11) is 0. The Balaban J connectivity index is 2.61. The van der Waals surface area contributed by atoms with Crippen LogP contribution in [0.5, 0.6) is 0 Å². The van der Waals surface area contributed by atoms with Crippen molar-refractivity contribution in [3.63, 3.8) is 0 Å². The fourth-order valence-corrected chi connectivity index (χ4v) is 3.64. The second-order valence-corrected chi connectivity index (χ2v) is 8.46. The Morgan fingerprint density at radius 3 is 2.52 bits per heavy atom. The molecule has 0 aromatic carbocycles. The minimum atomic E-state index is -0.434. The van der Waals surface area contributed by atoms with E-state index in [4.69, 9.17) is 0 Å². The maximum Gasteiger partial charge on any atom is 0.115 e. The highest BCUT2D eigenvalue weighted by molar-refractivity contribution is 5.09. The number of hydrazine groups is 1. The van der Waals surface area contributed by atoms with E-state index in [-0.39, 0.29) is 35.3 Å². The maximum atomic E-state index is 13.8. The van der Waals surface area contributed by atoms with Crippen molar-refractivity contribution in [2.75, 3.05) is 6.54 Å². The van der Waals surface area contributed by atoms with Crippen molar-refractivity contribution in [3.05, 3.63) is 61.3 Å². The zero-order valence-corrected chi connectivity index (χ0v) is 18.5. The van der Waals surface area contributed by atoms with Crippen molar-refractivity contribution in [1.82, 2.24) is 16.2 Å². The van der Waals surface area contributed by atoms with Crippen LogP contribution in [0.2, 0.25) is 0 Å². The molecule has 1 heterocycles. The predicted molar refractivity (Wildman–Crippen MR) is 120 cm³/mol. The summed E-state index contributed by atoms with van der Waals surface area (Å²) in [5.41, 5.74) is 6.57. The van der Waals surface area contributed by atoms with Gasteiger partial charge < -0.3 is 0 Å². The Hall–Kier alpha value is -1.56. The summed E-state index contributed by atoms with van der Waals surface area (Å²) in [6, 6.07) is 0.103. The number of hydrogen-bond acceptors (Lipinski definition) is 3. The van der Waals surface area contributed by atoms with Crippen LogP contribution in [-0.2, 0) is 0 Å². The van der Waals surface area contributed by atoms with Gasteiger partial charge in [0.2, 0.25) is 0 Å². The van der Waals surface area contributed by atoms with E-state index in [1.807, 2.05) is 6.08 Å². The molecule has 3 nitrogen and oxygen atoms in total. The molecule has 1 aliphatic rings. The van der Waals surface area contributed by atoms with Gasteiger partial charge in [-0.15, -0.1) is 6.58 Å². The van der Waals surface area contributed by atoms with Gasteiger partial charge in [-0.2, -0.15) is 0 Å². The molecule has 0 radical (unpaired) electrons. The van der Waals surface area contributed by atoms with Gasteiger partial charge in [0.05, 0.1) is 12.0 Å². The second kappa shape index (κ2) is 12.9. The van der Waals surface area contributed by atoms with Crippen molar-refractivity contribution in [1.29, 1.82) is 0 Å². The van der Waals surface area contributed by atoms with Crippen LogP contribution < -0.4 is 16.2 Å². The zero-order chi connectivity index (χ0) is 21.9. The highest BCUT2D eigenvalue weighted by atomic mass is 19.1. The van der Waals surface area contributed by atoms with Gasteiger partial charge in [-0.1, -0.05) is 64.2 Å². The summed E-state index contributed by atoms with van der Waals surface area (Å²) in [4.78, 5) is 0. The molecule has 0 aromatic rings. The third kappa shape index (κ3) is 9.20. The molecule has 1 aliphatic heterocycles. The quantitative estimate of drug-likeness (QED) is 0.264. The third-order valence-electron chi connectivity index (χ3n) is 5.61. The maximum absolute atomic E-state index is 13.8. The summed E-state index contributed by atoms with van der Waals surface area (Å²) < 4.78 is 26.6. The topological polar surface area (TPSA) is 36.1 Å². The molecule has 29 heavy (non-hydrogen) atoms. The predicted octanol–water partition coefficient (Wildman–Crippen LogP) is 5.87. The van der Waals surface area contributed by atoms with Crippen LogP contribution in [0.15, 0.2) is 61.3 Å². The molecule has 4 atom stereocenters. The average Bonchev–Trinajstić information content (AvgIpc) is 2.69. The van der Waals surface area contributed by atoms with Crippen molar-refractivity contribution in [2.24, 2.45) is 17.3 Å². The van der Waals surface area contributed by atoms with Crippen LogP contribution in [0.3, 0.4) is 0 Å². The first kappa shape index (κ1) is 25.5. The fourth-order valence-electron chi connectivity index (χ4n) is 3.64. The molecule has 0 saturated heterocycles. The van der Waals surface area contributed by atoms with Crippen molar-refractivity contribution < 1.29 is 8.78 Å². The zero-order valence-electron chi connectivity index (χ0n) is 18.5. The van der Waals surface area contributed by atoms with Gasteiger partial charge in [0.1, 0.15) is 5.83 Å². The smallest absolute Gasteiger partial charge is 0.115 e. The van der Waals surface area contributed by atoms with Crippen LogP contribution in [0, 0.1) is 17.3 Å². The molecule has 0 spiro atoms. The van der Waals surface area contributed by atoms with Gasteiger partial charge in [-0.3, -0.25) is 5.32 Å². The van der Waals surface area contributed by atoms with Crippen LogP contribution in [0.4, 0.5) is 8.78 Å². The molecule has 0 fully saturated rings. The lowest BCUT2D eigenvalue weighted by atomic mass is 9.76. The molecule has 3 N–H and O–H groups in total. The summed E-state index contributed by atoms with van der Waals surface area (Å²) in [5.74, 6) is -0.0609. The summed E-state index contributed by atoms with van der Waals surface area (Å²) >= 11 is 0. The Morgan fingerprint density at radius 1 is 1.28 bits per heavy atom. The monoisotopic (exact) mass is 407 g/mol. The minimum absolute atomic E-state index is 0.00834. The van der Waals surface area contributed by atoms with E-state index >= 15 is 0 Å². The van der Waals surface area contributed by atoms with E-state index < -0.39 is 5.83 Å². The van der Waals surface area contributed by atoms with E-state index in [1.54, 1.807) is 19.1 Å². The molecule has 164 valence electrons. The Bertz CT molecular complexity index is 607. The van der Waals surface area contributed by atoms with Gasteiger partial charge in [0.25, 0.3) is 0 Å². The van der Waals surface area contributed by atoms with E-state index in [2.05, 4.69) is 62.2 Å². The largest absolute Gasteiger partial charge is 0.297 e. The number of hydrogen-bond donors (Lipinski definition) is 3. The van der Waals surface area contributed by atoms with Gasteiger partial charge >= 0.3 is 0 Å². The molecule has 0 aliphatic carbocycles. The number of nitrogens with one attached hydrogen (secondary N) is 3. The molecule has 1 rings (SSSR count). The van der Waals surface area contributed by atoms with Crippen LogP contribution >= 0.6 is 0 Å². The van der Waals surface area contributed by atoms with Crippen LogP contribution in [-0.4, -0.2) is 18.8 Å². The number of rotatable bonds is 13. The Morgan fingerprint density at radius 2 is 2.00 bits per heavy atom. The lowest BCUT2D eigenvalue weighted by Gasteiger charge is -2.36. The van der Waals surface area contributed by atoms with Crippen molar-refractivity contribution in [3.8, 4) is 0 Å².